The van der Waals surface area contributed by atoms with Gasteiger partial charge < -0.3 is 0 Å². The van der Waals surface area contributed by atoms with Gasteiger partial charge in [-0.15, -0.1) is 10.1 Å². The van der Waals surface area contributed by atoms with Crippen molar-refractivity contribution in [2.45, 2.75) is 0 Å². The summed E-state index contributed by atoms with van der Waals surface area (Å²) >= 11 is 1.81. The fourth-order valence-corrected chi connectivity index (χ4v) is 0.204. The zero-order valence-corrected chi connectivity index (χ0v) is 5.36. The molecule has 5 heteroatoms. The molecule has 0 atom stereocenters. The number of hydrogen-bond donors (Lipinski definition) is 0. The molecule has 0 aromatic carbocycles. The zero-order chi connectivity index (χ0) is 5.70. The number of nitrogens with zero attached hydrogens (tertiary/aromatic N) is 1. The summed E-state index contributed by atoms with van der Waals surface area (Å²) in [6.07, 6.45) is 0.987. The van der Waals surface area contributed by atoms with Crippen LogP contribution in [0.4, 0.5) is 0 Å². The van der Waals surface area contributed by atoms with Crippen molar-refractivity contribution in [3.63, 3.8) is 0 Å². The SMILES string of the molecule is O=[N+]([O-])OC=CI. The van der Waals surface area contributed by atoms with Crippen LogP contribution in [-0.4, -0.2) is 5.09 Å². The maximum Gasteiger partial charge on any atom is 0.299 e. The highest BCUT2D eigenvalue weighted by molar-refractivity contribution is 14.1. The van der Waals surface area contributed by atoms with Crippen molar-refractivity contribution in [3.05, 3.63) is 20.5 Å². The second-order valence-electron chi connectivity index (χ2n) is 0.591. The van der Waals surface area contributed by atoms with E-state index in [9.17, 15) is 10.1 Å². The minimum absolute atomic E-state index is 0.880. The zero-order valence-electron chi connectivity index (χ0n) is 3.20. The molecule has 0 saturated carbocycles. The lowest BCUT2D eigenvalue weighted by Crippen LogP contribution is -1.90. The number of rotatable bonds is 2. The molecule has 0 bridgehead atoms. The van der Waals surface area contributed by atoms with Gasteiger partial charge in [-0.05, 0) is 4.08 Å². The Morgan fingerprint density at radius 3 is 2.57 bits per heavy atom. The largest absolute Gasteiger partial charge is 0.299 e. The molecule has 0 aliphatic carbocycles. The molecule has 0 heterocycles. The highest BCUT2D eigenvalue weighted by Crippen LogP contribution is 1.83. The van der Waals surface area contributed by atoms with Gasteiger partial charge >= 0.3 is 0 Å². The Kier molecular flexibility index (Phi) is 3.67. The van der Waals surface area contributed by atoms with E-state index in [0.29, 0.717) is 0 Å². The molecule has 0 rings (SSSR count). The number of halogens is 1. The fourth-order valence-electron chi connectivity index (χ4n) is 0.0727. The molecule has 0 aromatic heterocycles. The maximum atomic E-state index is 9.29. The van der Waals surface area contributed by atoms with Crippen molar-refractivity contribution in [1.82, 2.24) is 0 Å². The van der Waals surface area contributed by atoms with Gasteiger partial charge in [0.2, 0.25) is 0 Å². The Morgan fingerprint density at radius 2 is 2.43 bits per heavy atom. The second-order valence-corrected chi connectivity index (χ2v) is 1.31. The summed E-state index contributed by atoms with van der Waals surface area (Å²) in [6.45, 7) is 0. The molecule has 0 unspecified atom stereocenters. The van der Waals surface area contributed by atoms with E-state index in [0.717, 1.165) is 6.26 Å². The lowest BCUT2D eigenvalue weighted by molar-refractivity contribution is -0.737. The van der Waals surface area contributed by atoms with Crippen molar-refractivity contribution in [3.8, 4) is 0 Å². The molecule has 4 nitrogen and oxygen atoms in total. The van der Waals surface area contributed by atoms with Gasteiger partial charge in [-0.2, -0.15) is 0 Å². The normalized spacial score (nSPS) is 9.29. The van der Waals surface area contributed by atoms with Crippen LogP contribution in [0.5, 0.6) is 0 Å². The molecule has 0 fully saturated rings. The van der Waals surface area contributed by atoms with E-state index >= 15 is 0 Å². The molecule has 0 aliphatic heterocycles. The van der Waals surface area contributed by atoms with E-state index in [2.05, 4.69) is 4.84 Å². The van der Waals surface area contributed by atoms with Crippen LogP contribution in [-0.2, 0) is 4.84 Å². The van der Waals surface area contributed by atoms with Gasteiger partial charge in [0.15, 0.2) is 0 Å². The third-order valence-electron chi connectivity index (χ3n) is 0.198. The van der Waals surface area contributed by atoms with Crippen LogP contribution in [0.3, 0.4) is 0 Å². The summed E-state index contributed by atoms with van der Waals surface area (Å²) in [4.78, 5) is 13.0. The molecule has 40 valence electrons. The van der Waals surface area contributed by atoms with Crippen LogP contribution < -0.4 is 0 Å². The van der Waals surface area contributed by atoms with E-state index in [4.69, 9.17) is 0 Å². The van der Waals surface area contributed by atoms with Gasteiger partial charge in [0.25, 0.3) is 5.09 Å². The summed E-state index contributed by atoms with van der Waals surface area (Å²) < 4.78 is 1.40. The summed E-state index contributed by atoms with van der Waals surface area (Å²) in [7, 11) is 0. The summed E-state index contributed by atoms with van der Waals surface area (Å²) in [5, 5.41) is 8.41. The Hall–Kier alpha value is -0.330. The monoisotopic (exact) mass is 215 g/mol. The predicted molar refractivity (Wildman–Crippen MR) is 31.2 cm³/mol. The van der Waals surface area contributed by atoms with Gasteiger partial charge in [0.1, 0.15) is 0 Å². The minimum Gasteiger partial charge on any atom is -0.284 e. The topological polar surface area (TPSA) is 52.4 Å². The first-order chi connectivity index (χ1) is 3.27. The fraction of sp³-hybridized carbons (Fsp3) is 0. The van der Waals surface area contributed by atoms with Gasteiger partial charge in [-0.1, -0.05) is 22.6 Å². The van der Waals surface area contributed by atoms with E-state index in [1.54, 1.807) is 0 Å². The second kappa shape index (κ2) is 3.85. The van der Waals surface area contributed by atoms with Crippen LogP contribution in [0, 0.1) is 10.1 Å². The minimum atomic E-state index is -0.880. The molecule has 0 aromatic rings. The molecule has 0 aliphatic rings. The van der Waals surface area contributed by atoms with Crippen molar-refractivity contribution < 1.29 is 9.92 Å². The molecule has 0 N–H and O–H groups in total. The van der Waals surface area contributed by atoms with Crippen LogP contribution in [0.1, 0.15) is 0 Å². The molecular weight excluding hydrogens is 213 g/mol. The van der Waals surface area contributed by atoms with E-state index in [-0.39, 0.29) is 0 Å². The average Bonchev–Trinajstić information content (AvgIpc) is 1.61. The highest BCUT2D eigenvalue weighted by atomic mass is 127. The Balaban J connectivity index is 3.14. The van der Waals surface area contributed by atoms with Crippen molar-refractivity contribution in [2.75, 3.05) is 0 Å². The third kappa shape index (κ3) is 5.67. The lowest BCUT2D eigenvalue weighted by atomic mass is 11.2. The smallest absolute Gasteiger partial charge is 0.284 e. The van der Waals surface area contributed by atoms with Gasteiger partial charge in [0, 0.05) is 0 Å². The molecule has 0 spiro atoms. The molecule has 0 radical (unpaired) electrons. The van der Waals surface area contributed by atoms with Crippen molar-refractivity contribution in [2.24, 2.45) is 0 Å². The van der Waals surface area contributed by atoms with Crippen LogP contribution in [0.2, 0.25) is 0 Å². The highest BCUT2D eigenvalue weighted by Gasteiger charge is 1.82. The number of hydrogen-bond acceptors (Lipinski definition) is 3. The van der Waals surface area contributed by atoms with Gasteiger partial charge in [-0.25, -0.2) is 0 Å². The van der Waals surface area contributed by atoms with Crippen LogP contribution in [0.25, 0.3) is 0 Å². The predicted octanol–water partition coefficient (Wildman–Crippen LogP) is 1.10. The first-order valence-electron chi connectivity index (χ1n) is 1.33. The first-order valence-corrected chi connectivity index (χ1v) is 2.58. The lowest BCUT2D eigenvalue weighted by Gasteiger charge is -1.79. The molecule has 7 heavy (non-hydrogen) atoms. The summed E-state index contributed by atoms with van der Waals surface area (Å²) in [5.74, 6) is 0. The first kappa shape index (κ1) is 6.67. The van der Waals surface area contributed by atoms with Crippen LogP contribution in [0.15, 0.2) is 10.3 Å². The summed E-state index contributed by atoms with van der Waals surface area (Å²) in [5.41, 5.74) is 0. The van der Waals surface area contributed by atoms with Crippen molar-refractivity contribution >= 4 is 22.6 Å². The summed E-state index contributed by atoms with van der Waals surface area (Å²) in [6, 6.07) is 0. The quantitative estimate of drug-likeness (QED) is 0.300. The molecule has 0 amide bonds. The maximum absolute atomic E-state index is 9.29. The van der Waals surface area contributed by atoms with Gasteiger partial charge in [0.05, 0.1) is 6.26 Å². The third-order valence-corrected chi connectivity index (χ3v) is 0.492. The Morgan fingerprint density at radius 1 is 1.86 bits per heavy atom. The van der Waals surface area contributed by atoms with E-state index < -0.39 is 5.09 Å². The van der Waals surface area contributed by atoms with Crippen LogP contribution >= 0.6 is 22.6 Å². The Bertz CT molecular complexity index is 90.9. The average molecular weight is 215 g/mol. The van der Waals surface area contributed by atoms with E-state index in [1.165, 1.54) is 4.08 Å². The van der Waals surface area contributed by atoms with Crippen molar-refractivity contribution in [1.29, 1.82) is 0 Å². The Labute approximate surface area is 53.4 Å². The van der Waals surface area contributed by atoms with E-state index in [1.807, 2.05) is 22.6 Å². The molecular formula is C2H2INO3. The standard InChI is InChI=1S/C2H2INO3/c3-1-2-7-4(5)6/h1-2H. The molecule has 0 saturated heterocycles. The van der Waals surface area contributed by atoms with Gasteiger partial charge in [-0.3, -0.25) is 4.84 Å².